The number of aromatic nitrogens is 2. The van der Waals surface area contributed by atoms with E-state index in [2.05, 4.69) is 44.0 Å². The van der Waals surface area contributed by atoms with Crippen LogP contribution in [0.4, 0.5) is 5.82 Å². The molecule has 3 rings (SSSR count). The molecule has 1 aliphatic carbocycles. The molecule has 1 saturated carbocycles. The molecule has 4 nitrogen and oxygen atoms in total. The van der Waals surface area contributed by atoms with Crippen LogP contribution in [0.3, 0.4) is 0 Å². The van der Waals surface area contributed by atoms with E-state index in [1.54, 1.807) is 0 Å². The molecule has 0 spiro atoms. The van der Waals surface area contributed by atoms with Gasteiger partial charge in [-0.25, -0.2) is 9.97 Å². The first-order valence-corrected chi connectivity index (χ1v) is 8.92. The maximum Gasteiger partial charge on any atom is 0.133 e. The fourth-order valence-electron chi connectivity index (χ4n) is 3.17. The highest BCUT2D eigenvalue weighted by Crippen LogP contribution is 2.30. The lowest BCUT2D eigenvalue weighted by Gasteiger charge is -2.32. The Morgan fingerprint density at radius 1 is 1.00 bits per heavy atom. The lowest BCUT2D eigenvalue weighted by molar-refractivity contribution is 0.210. The van der Waals surface area contributed by atoms with Crippen molar-refractivity contribution in [2.75, 3.05) is 18.4 Å². The number of nitrogens with one attached hydrogen (secondary N) is 1. The molecule has 22 heavy (non-hydrogen) atoms. The largest absolute Gasteiger partial charge is 0.367 e. The predicted molar refractivity (Wildman–Crippen MR) is 91.4 cm³/mol. The van der Waals surface area contributed by atoms with Gasteiger partial charge in [-0.1, -0.05) is 27.7 Å². The highest BCUT2D eigenvalue weighted by Gasteiger charge is 2.31. The zero-order chi connectivity index (χ0) is 15.7. The van der Waals surface area contributed by atoms with E-state index in [4.69, 9.17) is 9.97 Å². The maximum absolute atomic E-state index is 4.74. The van der Waals surface area contributed by atoms with E-state index in [-0.39, 0.29) is 0 Å². The molecule has 122 valence electrons. The summed E-state index contributed by atoms with van der Waals surface area (Å²) in [6, 6.07) is 3.61. The number of likely N-dealkylation sites (tertiary alicyclic amines) is 1. The molecule has 2 aliphatic rings. The Labute approximate surface area is 134 Å². The minimum atomic E-state index is 0.371. The minimum Gasteiger partial charge on any atom is -0.367 e. The summed E-state index contributed by atoms with van der Waals surface area (Å²) < 4.78 is 0. The number of rotatable bonds is 5. The van der Waals surface area contributed by atoms with Gasteiger partial charge in [0.1, 0.15) is 11.6 Å². The van der Waals surface area contributed by atoms with Crippen LogP contribution in [0, 0.1) is 0 Å². The average molecular weight is 302 g/mol. The molecular formula is C18H30N4. The monoisotopic (exact) mass is 302 g/mol. The normalized spacial score (nSPS) is 20.8. The Bertz CT molecular complexity index is 474. The van der Waals surface area contributed by atoms with Crippen molar-refractivity contribution in [3.8, 4) is 0 Å². The van der Waals surface area contributed by atoms with Crippen molar-refractivity contribution in [1.82, 2.24) is 14.9 Å². The third-order valence-corrected chi connectivity index (χ3v) is 4.82. The zero-order valence-electron chi connectivity index (χ0n) is 14.5. The summed E-state index contributed by atoms with van der Waals surface area (Å²) in [6.07, 6.45) is 5.29. The van der Waals surface area contributed by atoms with Crippen molar-refractivity contribution in [3.63, 3.8) is 0 Å². The molecule has 1 aromatic rings. The molecule has 0 aromatic carbocycles. The molecule has 4 heteroatoms. The molecular weight excluding hydrogens is 272 g/mol. The molecule has 1 aliphatic heterocycles. The second-order valence-electron chi connectivity index (χ2n) is 7.53. The van der Waals surface area contributed by atoms with Crippen LogP contribution < -0.4 is 5.32 Å². The smallest absolute Gasteiger partial charge is 0.133 e. The fourth-order valence-corrected chi connectivity index (χ4v) is 3.17. The summed E-state index contributed by atoms with van der Waals surface area (Å²) in [7, 11) is 0. The molecule has 1 saturated heterocycles. The molecule has 0 bridgehead atoms. The van der Waals surface area contributed by atoms with E-state index in [9.17, 15) is 0 Å². The van der Waals surface area contributed by atoms with Gasteiger partial charge in [-0.2, -0.15) is 0 Å². The van der Waals surface area contributed by atoms with Crippen LogP contribution in [-0.4, -0.2) is 40.0 Å². The first-order chi connectivity index (χ1) is 10.5. The number of hydrogen-bond donors (Lipinski definition) is 1. The molecule has 1 N–H and O–H groups in total. The standard InChI is InChI=1S/C18H30N4/c1-12(2)16-11-17(21-18(20-16)13(3)4)19-14-7-9-22(10-8-14)15-5-6-15/h11-15H,5-10H2,1-4H3,(H,19,20,21). The first kappa shape index (κ1) is 15.7. The Kier molecular flexibility index (Phi) is 4.67. The Morgan fingerprint density at radius 2 is 1.68 bits per heavy atom. The summed E-state index contributed by atoms with van der Waals surface area (Å²) in [5.41, 5.74) is 1.15. The van der Waals surface area contributed by atoms with Gasteiger partial charge in [0.15, 0.2) is 0 Å². The molecule has 0 unspecified atom stereocenters. The van der Waals surface area contributed by atoms with E-state index >= 15 is 0 Å². The quantitative estimate of drug-likeness (QED) is 0.899. The Balaban J connectivity index is 1.66. The average Bonchev–Trinajstić information content (AvgIpc) is 3.32. The van der Waals surface area contributed by atoms with E-state index in [0.717, 1.165) is 23.4 Å². The van der Waals surface area contributed by atoms with Crippen LogP contribution in [0.1, 0.15) is 76.7 Å². The Hall–Kier alpha value is -1.16. The topological polar surface area (TPSA) is 41.0 Å². The summed E-state index contributed by atoms with van der Waals surface area (Å²) in [5, 5.41) is 3.67. The summed E-state index contributed by atoms with van der Waals surface area (Å²) in [6.45, 7) is 11.2. The first-order valence-electron chi connectivity index (χ1n) is 8.92. The van der Waals surface area contributed by atoms with Gasteiger partial charge in [-0.05, 0) is 31.6 Å². The van der Waals surface area contributed by atoms with Crippen molar-refractivity contribution in [2.45, 2.75) is 77.3 Å². The maximum atomic E-state index is 4.74. The van der Waals surface area contributed by atoms with Crippen LogP contribution >= 0.6 is 0 Å². The van der Waals surface area contributed by atoms with E-state index in [1.165, 1.54) is 38.8 Å². The number of anilines is 1. The van der Waals surface area contributed by atoms with Gasteiger partial charge in [0, 0.05) is 42.9 Å². The van der Waals surface area contributed by atoms with E-state index in [1.807, 2.05) is 0 Å². The van der Waals surface area contributed by atoms with Crippen LogP contribution in [0.25, 0.3) is 0 Å². The highest BCUT2D eigenvalue weighted by atomic mass is 15.2. The molecule has 2 heterocycles. The lowest BCUT2D eigenvalue weighted by Crippen LogP contribution is -2.40. The molecule has 2 fully saturated rings. The van der Waals surface area contributed by atoms with Gasteiger partial charge in [-0.3, -0.25) is 0 Å². The van der Waals surface area contributed by atoms with Gasteiger partial charge in [-0.15, -0.1) is 0 Å². The lowest BCUT2D eigenvalue weighted by atomic mass is 10.0. The fraction of sp³-hybridized carbons (Fsp3) is 0.778. The van der Waals surface area contributed by atoms with Crippen molar-refractivity contribution in [3.05, 3.63) is 17.6 Å². The number of nitrogens with zero attached hydrogens (tertiary/aromatic N) is 3. The summed E-state index contributed by atoms with van der Waals surface area (Å²) in [5.74, 6) is 2.80. The second kappa shape index (κ2) is 6.53. The van der Waals surface area contributed by atoms with Crippen LogP contribution in [-0.2, 0) is 0 Å². The van der Waals surface area contributed by atoms with Crippen molar-refractivity contribution in [2.24, 2.45) is 0 Å². The van der Waals surface area contributed by atoms with Gasteiger partial charge in [0.2, 0.25) is 0 Å². The van der Waals surface area contributed by atoms with Gasteiger partial charge in [0.25, 0.3) is 0 Å². The zero-order valence-corrected chi connectivity index (χ0v) is 14.5. The van der Waals surface area contributed by atoms with Crippen molar-refractivity contribution >= 4 is 5.82 Å². The third kappa shape index (κ3) is 3.78. The molecule has 1 aromatic heterocycles. The number of piperidine rings is 1. The molecule has 0 radical (unpaired) electrons. The molecule has 0 atom stereocenters. The van der Waals surface area contributed by atoms with E-state index in [0.29, 0.717) is 17.9 Å². The van der Waals surface area contributed by atoms with Crippen molar-refractivity contribution in [1.29, 1.82) is 0 Å². The molecule has 0 amide bonds. The Morgan fingerprint density at radius 3 is 2.23 bits per heavy atom. The minimum absolute atomic E-state index is 0.371. The third-order valence-electron chi connectivity index (χ3n) is 4.82. The van der Waals surface area contributed by atoms with Crippen molar-refractivity contribution < 1.29 is 0 Å². The van der Waals surface area contributed by atoms with Gasteiger partial charge in [0.05, 0.1) is 0 Å². The van der Waals surface area contributed by atoms with Crippen LogP contribution in [0.2, 0.25) is 0 Å². The highest BCUT2D eigenvalue weighted by molar-refractivity contribution is 5.38. The van der Waals surface area contributed by atoms with Crippen LogP contribution in [0.15, 0.2) is 6.07 Å². The summed E-state index contributed by atoms with van der Waals surface area (Å²) >= 11 is 0. The van der Waals surface area contributed by atoms with Gasteiger partial charge < -0.3 is 10.2 Å². The SMILES string of the molecule is CC(C)c1cc(NC2CCN(C3CC3)CC2)nc(C(C)C)n1. The second-order valence-corrected chi connectivity index (χ2v) is 7.53. The number of hydrogen-bond acceptors (Lipinski definition) is 4. The van der Waals surface area contributed by atoms with Gasteiger partial charge >= 0.3 is 0 Å². The summed E-state index contributed by atoms with van der Waals surface area (Å²) in [4.78, 5) is 12.1. The van der Waals surface area contributed by atoms with Crippen LogP contribution in [0.5, 0.6) is 0 Å². The predicted octanol–water partition coefficient (Wildman–Crippen LogP) is 3.76. The van der Waals surface area contributed by atoms with E-state index < -0.39 is 0 Å².